The molecule has 0 fully saturated rings. The highest BCUT2D eigenvalue weighted by molar-refractivity contribution is 5.93. The van der Waals surface area contributed by atoms with Crippen LogP contribution in [-0.4, -0.2) is 37.8 Å². The third-order valence-electron chi connectivity index (χ3n) is 2.70. The Balaban J connectivity index is 2.48. The predicted molar refractivity (Wildman–Crippen MR) is 64.6 cm³/mol. The molecule has 0 aliphatic heterocycles. The van der Waals surface area contributed by atoms with Crippen LogP contribution in [0.15, 0.2) is 23.0 Å². The largest absolute Gasteiger partial charge is 0.497 e. The number of ether oxygens (including phenoxy) is 1. The minimum absolute atomic E-state index is 0.176. The number of H-pyrrole nitrogens is 1. The summed E-state index contributed by atoms with van der Waals surface area (Å²) in [5.74, 6) is -1.15. The first-order valence-corrected chi connectivity index (χ1v) is 5.30. The van der Waals surface area contributed by atoms with Gasteiger partial charge in [-0.25, -0.2) is 14.6 Å². The molecular weight excluding hydrogens is 252 g/mol. The van der Waals surface area contributed by atoms with Gasteiger partial charge in [0.15, 0.2) is 5.65 Å². The van der Waals surface area contributed by atoms with E-state index in [9.17, 15) is 9.59 Å². The summed E-state index contributed by atoms with van der Waals surface area (Å²) in [4.78, 5) is 29.1. The quantitative estimate of drug-likeness (QED) is 0.684. The zero-order chi connectivity index (χ0) is 13.6. The first-order chi connectivity index (χ1) is 9.10. The number of hydrogen-bond acceptors (Lipinski definition) is 5. The zero-order valence-corrected chi connectivity index (χ0v) is 9.75. The minimum Gasteiger partial charge on any atom is -0.497 e. The van der Waals surface area contributed by atoms with E-state index in [4.69, 9.17) is 9.84 Å². The SMILES string of the molecule is COc1ccc2[nH]c(=O)n3nc(C(=O)O)nc3c2c1. The van der Waals surface area contributed by atoms with E-state index >= 15 is 0 Å². The van der Waals surface area contributed by atoms with Crippen LogP contribution >= 0.6 is 0 Å². The molecule has 0 spiro atoms. The molecule has 0 unspecified atom stereocenters. The average molecular weight is 260 g/mol. The second-order valence-corrected chi connectivity index (χ2v) is 3.82. The number of carbonyl (C=O) groups is 1. The van der Waals surface area contributed by atoms with Crippen LogP contribution in [0.4, 0.5) is 0 Å². The van der Waals surface area contributed by atoms with Gasteiger partial charge in [-0.1, -0.05) is 0 Å². The lowest BCUT2D eigenvalue weighted by Gasteiger charge is -2.02. The molecule has 8 heteroatoms. The van der Waals surface area contributed by atoms with Crippen molar-refractivity contribution in [3.05, 3.63) is 34.5 Å². The summed E-state index contributed by atoms with van der Waals surface area (Å²) in [5, 5.41) is 13.1. The molecule has 0 saturated heterocycles. The summed E-state index contributed by atoms with van der Waals surface area (Å²) in [5.41, 5.74) is 0.158. The number of nitrogens with zero attached hydrogens (tertiary/aromatic N) is 3. The van der Waals surface area contributed by atoms with Crippen LogP contribution in [0.2, 0.25) is 0 Å². The molecule has 8 nitrogen and oxygen atoms in total. The van der Waals surface area contributed by atoms with E-state index in [1.807, 2.05) is 0 Å². The van der Waals surface area contributed by atoms with Crippen molar-refractivity contribution in [3.8, 4) is 5.75 Å². The highest BCUT2D eigenvalue weighted by atomic mass is 16.5. The molecule has 2 heterocycles. The van der Waals surface area contributed by atoms with E-state index in [1.54, 1.807) is 18.2 Å². The molecule has 0 aliphatic rings. The molecular formula is C11H8N4O4. The van der Waals surface area contributed by atoms with Gasteiger partial charge in [-0.2, -0.15) is 4.52 Å². The topological polar surface area (TPSA) is 110 Å². The van der Waals surface area contributed by atoms with Crippen molar-refractivity contribution in [2.24, 2.45) is 0 Å². The highest BCUT2D eigenvalue weighted by Crippen LogP contribution is 2.21. The molecule has 0 atom stereocenters. The molecule has 19 heavy (non-hydrogen) atoms. The highest BCUT2D eigenvalue weighted by Gasteiger charge is 2.15. The van der Waals surface area contributed by atoms with Crippen LogP contribution in [-0.2, 0) is 0 Å². The fraction of sp³-hybridized carbons (Fsp3) is 0.0909. The fourth-order valence-corrected chi connectivity index (χ4v) is 1.83. The van der Waals surface area contributed by atoms with Gasteiger partial charge < -0.3 is 14.8 Å². The van der Waals surface area contributed by atoms with E-state index < -0.39 is 17.5 Å². The molecule has 0 saturated carbocycles. The number of benzene rings is 1. The first-order valence-electron chi connectivity index (χ1n) is 5.30. The van der Waals surface area contributed by atoms with E-state index in [0.717, 1.165) is 4.52 Å². The third kappa shape index (κ3) is 1.61. The van der Waals surface area contributed by atoms with Crippen LogP contribution in [0, 0.1) is 0 Å². The number of methoxy groups -OCH3 is 1. The average Bonchev–Trinajstić information content (AvgIpc) is 2.84. The van der Waals surface area contributed by atoms with Crippen LogP contribution in [0.1, 0.15) is 10.6 Å². The normalized spacial score (nSPS) is 11.0. The number of hydrogen-bond donors (Lipinski definition) is 2. The van der Waals surface area contributed by atoms with Gasteiger partial charge in [0.25, 0.3) is 5.82 Å². The van der Waals surface area contributed by atoms with Crippen molar-refractivity contribution in [2.75, 3.05) is 7.11 Å². The molecule has 0 bridgehead atoms. The van der Waals surface area contributed by atoms with Crippen LogP contribution in [0.3, 0.4) is 0 Å². The summed E-state index contributed by atoms with van der Waals surface area (Å²) < 4.78 is 6.01. The molecule has 1 aromatic carbocycles. The zero-order valence-electron chi connectivity index (χ0n) is 9.75. The number of aromatic carboxylic acids is 1. The second-order valence-electron chi connectivity index (χ2n) is 3.82. The van der Waals surface area contributed by atoms with Crippen molar-refractivity contribution >= 4 is 22.5 Å². The predicted octanol–water partition coefficient (Wildman–Crippen LogP) is 0.278. The van der Waals surface area contributed by atoms with Gasteiger partial charge in [0.1, 0.15) is 5.75 Å². The summed E-state index contributed by atoms with van der Waals surface area (Å²) in [6.07, 6.45) is 0. The molecule has 0 radical (unpaired) electrons. The van der Waals surface area contributed by atoms with Crippen LogP contribution in [0.5, 0.6) is 5.75 Å². The minimum atomic E-state index is -1.29. The molecule has 2 aromatic heterocycles. The number of carboxylic acids is 1. The lowest BCUT2D eigenvalue weighted by atomic mass is 10.2. The van der Waals surface area contributed by atoms with E-state index in [-0.39, 0.29) is 5.65 Å². The Morgan fingerprint density at radius 1 is 1.47 bits per heavy atom. The summed E-state index contributed by atoms with van der Waals surface area (Å²) in [6, 6.07) is 4.99. The summed E-state index contributed by atoms with van der Waals surface area (Å²) in [6.45, 7) is 0. The van der Waals surface area contributed by atoms with E-state index in [1.165, 1.54) is 7.11 Å². The maximum Gasteiger partial charge on any atom is 0.375 e. The number of carboxylic acid groups (broad SMARTS) is 1. The van der Waals surface area contributed by atoms with Gasteiger partial charge in [0.05, 0.1) is 12.6 Å². The van der Waals surface area contributed by atoms with Gasteiger partial charge in [0.2, 0.25) is 0 Å². The smallest absolute Gasteiger partial charge is 0.375 e. The lowest BCUT2D eigenvalue weighted by molar-refractivity contribution is 0.0684. The number of fused-ring (bicyclic) bond motifs is 3. The maximum atomic E-state index is 11.8. The van der Waals surface area contributed by atoms with Gasteiger partial charge in [-0.15, -0.1) is 5.10 Å². The molecule has 96 valence electrons. The van der Waals surface area contributed by atoms with Crippen molar-refractivity contribution in [1.82, 2.24) is 19.6 Å². The van der Waals surface area contributed by atoms with Crippen molar-refractivity contribution in [3.63, 3.8) is 0 Å². The second kappa shape index (κ2) is 3.80. The van der Waals surface area contributed by atoms with Crippen LogP contribution < -0.4 is 10.4 Å². The Morgan fingerprint density at radius 2 is 2.26 bits per heavy atom. The van der Waals surface area contributed by atoms with Crippen LogP contribution in [0.25, 0.3) is 16.6 Å². The molecule has 2 N–H and O–H groups in total. The van der Waals surface area contributed by atoms with Gasteiger partial charge in [-0.05, 0) is 18.2 Å². The van der Waals surface area contributed by atoms with Gasteiger partial charge >= 0.3 is 11.7 Å². The standard InChI is InChI=1S/C11H8N4O4/c1-19-5-2-3-7-6(4-5)9-13-8(10(16)17)14-15(9)11(18)12-7/h2-4H,1H3,(H,12,18)(H,16,17). The molecule has 0 aliphatic carbocycles. The Bertz CT molecular complexity index is 864. The number of aromatic nitrogens is 4. The fourth-order valence-electron chi connectivity index (χ4n) is 1.83. The monoisotopic (exact) mass is 260 g/mol. The first kappa shape index (κ1) is 11.2. The van der Waals surface area contributed by atoms with Crippen molar-refractivity contribution in [2.45, 2.75) is 0 Å². The van der Waals surface area contributed by atoms with E-state index in [2.05, 4.69) is 15.1 Å². The van der Waals surface area contributed by atoms with Crippen molar-refractivity contribution in [1.29, 1.82) is 0 Å². The molecule has 3 aromatic rings. The summed E-state index contributed by atoms with van der Waals surface area (Å²) >= 11 is 0. The number of aromatic amines is 1. The van der Waals surface area contributed by atoms with Crippen molar-refractivity contribution < 1.29 is 14.6 Å². The maximum absolute atomic E-state index is 11.8. The summed E-state index contributed by atoms with van der Waals surface area (Å²) in [7, 11) is 1.51. The lowest BCUT2D eigenvalue weighted by Crippen LogP contribution is -2.17. The Kier molecular flexibility index (Phi) is 2.24. The Morgan fingerprint density at radius 3 is 2.95 bits per heavy atom. The number of nitrogens with one attached hydrogen (secondary N) is 1. The van der Waals surface area contributed by atoms with Gasteiger partial charge in [-0.3, -0.25) is 0 Å². The third-order valence-corrected chi connectivity index (χ3v) is 2.70. The number of rotatable bonds is 2. The molecule has 0 amide bonds. The Labute approximate surface area is 105 Å². The Hall–Kier alpha value is -2.90. The van der Waals surface area contributed by atoms with E-state index in [0.29, 0.717) is 16.7 Å². The molecule has 3 rings (SSSR count). The van der Waals surface area contributed by atoms with Gasteiger partial charge in [0, 0.05) is 5.39 Å².